The first-order valence-electron chi connectivity index (χ1n) is 6.72. The Morgan fingerprint density at radius 2 is 1.76 bits per heavy atom. The van der Waals surface area contributed by atoms with Crippen molar-refractivity contribution >= 4 is 30.0 Å². The summed E-state index contributed by atoms with van der Waals surface area (Å²) in [6.45, 7) is 2.39. The number of carbonyl (C=O) groups excluding carboxylic acids is 2. The number of ether oxygens (including phenoxy) is 2. The van der Waals surface area contributed by atoms with Crippen LogP contribution < -0.4 is 10.8 Å². The van der Waals surface area contributed by atoms with Crippen LogP contribution in [0.5, 0.6) is 0 Å². The molecule has 2 rings (SSSR count). The van der Waals surface area contributed by atoms with Crippen molar-refractivity contribution in [3.8, 4) is 0 Å². The van der Waals surface area contributed by atoms with Crippen molar-refractivity contribution in [2.45, 2.75) is 13.8 Å². The standard InChI is InChI=1S/C14H16BNO5/c1-3-20-13(17)11-12(14(18)21-4-2)16-10-8-6-5-7-9(10)15(11)19/h5-8,16,19H,3-4H2,1-2H3. The van der Waals surface area contributed by atoms with Gasteiger partial charge in [-0.2, -0.15) is 0 Å². The van der Waals surface area contributed by atoms with Crippen LogP contribution in [-0.4, -0.2) is 37.1 Å². The van der Waals surface area contributed by atoms with Crippen molar-refractivity contribution in [3.63, 3.8) is 0 Å². The van der Waals surface area contributed by atoms with E-state index in [1.807, 2.05) is 0 Å². The van der Waals surface area contributed by atoms with Crippen LogP contribution in [0.25, 0.3) is 0 Å². The topological polar surface area (TPSA) is 84.9 Å². The molecular weight excluding hydrogens is 273 g/mol. The predicted molar refractivity (Wildman–Crippen MR) is 78.0 cm³/mol. The first-order chi connectivity index (χ1) is 10.1. The molecule has 0 spiro atoms. The zero-order chi connectivity index (χ0) is 15.4. The summed E-state index contributed by atoms with van der Waals surface area (Å²) >= 11 is 0. The van der Waals surface area contributed by atoms with Crippen LogP contribution in [0.2, 0.25) is 0 Å². The largest absolute Gasteiger partial charge is 0.463 e. The average molecular weight is 289 g/mol. The number of para-hydroxylation sites is 1. The summed E-state index contributed by atoms with van der Waals surface area (Å²) in [6, 6.07) is 6.88. The Labute approximate surface area is 122 Å². The summed E-state index contributed by atoms with van der Waals surface area (Å²) in [5, 5.41) is 13.2. The molecule has 1 aliphatic heterocycles. The molecule has 0 radical (unpaired) electrons. The molecule has 0 atom stereocenters. The third-order valence-electron chi connectivity index (χ3n) is 3.03. The van der Waals surface area contributed by atoms with E-state index in [-0.39, 0.29) is 24.4 Å². The van der Waals surface area contributed by atoms with Gasteiger partial charge in [-0.1, -0.05) is 18.2 Å². The van der Waals surface area contributed by atoms with Gasteiger partial charge in [0.15, 0.2) is 0 Å². The lowest BCUT2D eigenvalue weighted by atomic mass is 9.52. The van der Waals surface area contributed by atoms with Crippen LogP contribution in [0.4, 0.5) is 5.69 Å². The number of hydrogen-bond donors (Lipinski definition) is 2. The van der Waals surface area contributed by atoms with Crippen LogP contribution in [0.3, 0.4) is 0 Å². The Bertz CT molecular complexity index is 599. The zero-order valence-electron chi connectivity index (χ0n) is 11.9. The molecule has 0 aliphatic carbocycles. The smallest absolute Gasteiger partial charge is 0.371 e. The second-order valence-corrected chi connectivity index (χ2v) is 4.34. The fraction of sp³-hybridized carbons (Fsp3) is 0.286. The molecular formula is C14H16BNO5. The maximum atomic E-state index is 12.0. The number of nitrogens with one attached hydrogen (secondary N) is 1. The van der Waals surface area contributed by atoms with E-state index in [2.05, 4.69) is 5.32 Å². The molecule has 0 bridgehead atoms. The Morgan fingerprint density at radius 3 is 2.43 bits per heavy atom. The highest BCUT2D eigenvalue weighted by Gasteiger charge is 2.38. The normalized spacial score (nSPS) is 13.4. The van der Waals surface area contributed by atoms with Crippen LogP contribution in [0.15, 0.2) is 35.4 Å². The van der Waals surface area contributed by atoms with Crippen molar-refractivity contribution in [1.82, 2.24) is 0 Å². The van der Waals surface area contributed by atoms with Crippen molar-refractivity contribution in [2.75, 3.05) is 18.5 Å². The van der Waals surface area contributed by atoms with Gasteiger partial charge >= 0.3 is 18.9 Å². The SMILES string of the molecule is CCOC(=O)C1=C(C(=O)OCC)B(O)c2ccccc2N1. The summed E-state index contributed by atoms with van der Waals surface area (Å²) in [6.07, 6.45) is 0. The predicted octanol–water partition coefficient (Wildman–Crippen LogP) is 0.222. The minimum Gasteiger partial charge on any atom is -0.463 e. The quantitative estimate of drug-likeness (QED) is 0.609. The Hall–Kier alpha value is -2.28. The number of esters is 2. The van der Waals surface area contributed by atoms with E-state index in [1.54, 1.807) is 38.1 Å². The van der Waals surface area contributed by atoms with E-state index in [0.29, 0.717) is 11.2 Å². The van der Waals surface area contributed by atoms with E-state index in [0.717, 1.165) is 0 Å². The van der Waals surface area contributed by atoms with Gasteiger partial charge in [0.25, 0.3) is 0 Å². The zero-order valence-corrected chi connectivity index (χ0v) is 11.9. The summed E-state index contributed by atoms with van der Waals surface area (Å²) in [5.41, 5.74) is 0.852. The van der Waals surface area contributed by atoms with E-state index in [9.17, 15) is 14.6 Å². The lowest BCUT2D eigenvalue weighted by Gasteiger charge is -2.24. The molecule has 110 valence electrons. The number of hydrogen-bond acceptors (Lipinski definition) is 6. The molecule has 1 aromatic rings. The fourth-order valence-corrected chi connectivity index (χ4v) is 2.13. The van der Waals surface area contributed by atoms with Gasteiger partial charge in [-0.15, -0.1) is 0 Å². The monoisotopic (exact) mass is 289 g/mol. The van der Waals surface area contributed by atoms with E-state index in [4.69, 9.17) is 9.47 Å². The van der Waals surface area contributed by atoms with Gasteiger partial charge < -0.3 is 19.8 Å². The first-order valence-corrected chi connectivity index (χ1v) is 6.72. The molecule has 1 aliphatic rings. The average Bonchev–Trinajstić information content (AvgIpc) is 2.47. The Kier molecular flexibility index (Phi) is 4.64. The molecule has 7 heteroatoms. The molecule has 0 saturated carbocycles. The van der Waals surface area contributed by atoms with Crippen LogP contribution in [-0.2, 0) is 19.1 Å². The lowest BCUT2D eigenvalue weighted by Crippen LogP contribution is -2.45. The number of anilines is 1. The maximum absolute atomic E-state index is 12.0. The molecule has 0 fully saturated rings. The van der Waals surface area contributed by atoms with Gasteiger partial charge in [0.05, 0.1) is 18.7 Å². The molecule has 2 N–H and O–H groups in total. The molecule has 1 aromatic carbocycles. The highest BCUT2D eigenvalue weighted by atomic mass is 16.5. The second-order valence-electron chi connectivity index (χ2n) is 4.34. The third kappa shape index (κ3) is 2.92. The molecule has 0 amide bonds. The van der Waals surface area contributed by atoms with E-state index < -0.39 is 18.9 Å². The fourth-order valence-electron chi connectivity index (χ4n) is 2.13. The summed E-state index contributed by atoms with van der Waals surface area (Å²) in [7, 11) is 0. The van der Waals surface area contributed by atoms with Crippen molar-refractivity contribution in [3.05, 3.63) is 35.4 Å². The maximum Gasteiger partial charge on any atom is 0.371 e. The van der Waals surface area contributed by atoms with Gasteiger partial charge in [-0.05, 0) is 25.4 Å². The third-order valence-corrected chi connectivity index (χ3v) is 3.03. The van der Waals surface area contributed by atoms with E-state index >= 15 is 0 Å². The number of rotatable bonds is 4. The van der Waals surface area contributed by atoms with Gasteiger partial charge in [0.2, 0.25) is 0 Å². The van der Waals surface area contributed by atoms with Crippen molar-refractivity contribution < 1.29 is 24.1 Å². The highest BCUT2D eigenvalue weighted by Crippen LogP contribution is 2.22. The number of benzene rings is 1. The second kappa shape index (κ2) is 6.45. The molecule has 21 heavy (non-hydrogen) atoms. The molecule has 1 heterocycles. The Morgan fingerprint density at radius 1 is 1.14 bits per heavy atom. The lowest BCUT2D eigenvalue weighted by molar-refractivity contribution is -0.141. The number of fused-ring (bicyclic) bond motifs is 1. The molecule has 6 nitrogen and oxygen atoms in total. The van der Waals surface area contributed by atoms with Gasteiger partial charge in [0, 0.05) is 5.69 Å². The van der Waals surface area contributed by atoms with Gasteiger partial charge in [-0.3, -0.25) is 0 Å². The number of carbonyl (C=O) groups is 2. The van der Waals surface area contributed by atoms with Crippen molar-refractivity contribution in [1.29, 1.82) is 0 Å². The highest BCUT2D eigenvalue weighted by molar-refractivity contribution is 6.80. The van der Waals surface area contributed by atoms with E-state index in [1.165, 1.54) is 0 Å². The molecule has 0 aromatic heterocycles. The summed E-state index contributed by atoms with van der Waals surface area (Å²) < 4.78 is 9.85. The Balaban J connectivity index is 2.49. The van der Waals surface area contributed by atoms with Gasteiger partial charge in [-0.25, -0.2) is 9.59 Å². The van der Waals surface area contributed by atoms with Crippen molar-refractivity contribution in [2.24, 2.45) is 0 Å². The summed E-state index contributed by atoms with van der Waals surface area (Å²) in [5.74, 6) is -1.44. The van der Waals surface area contributed by atoms with Crippen LogP contribution in [0, 0.1) is 0 Å². The van der Waals surface area contributed by atoms with Crippen LogP contribution in [0.1, 0.15) is 13.8 Å². The minimum atomic E-state index is -1.24. The molecule has 0 saturated heterocycles. The summed E-state index contributed by atoms with van der Waals surface area (Å²) in [4.78, 5) is 24.1. The first kappa shape index (κ1) is 15.1. The minimum absolute atomic E-state index is 0.0819. The van der Waals surface area contributed by atoms with Gasteiger partial charge in [0.1, 0.15) is 5.70 Å². The van der Waals surface area contributed by atoms with Crippen LogP contribution >= 0.6 is 0 Å². The molecule has 0 unspecified atom stereocenters.